The fourth-order valence-electron chi connectivity index (χ4n) is 4.42. The van der Waals surface area contributed by atoms with Crippen molar-refractivity contribution < 1.29 is 32.6 Å². The molecule has 2 amide bonds. The third-order valence-corrected chi connectivity index (χ3v) is 6.44. The number of phenols is 1. The van der Waals surface area contributed by atoms with Crippen LogP contribution in [0.5, 0.6) is 5.75 Å². The van der Waals surface area contributed by atoms with Crippen LogP contribution in [0.1, 0.15) is 10.4 Å². The molecule has 0 radical (unpaired) electrons. The Morgan fingerprint density at radius 1 is 1.12 bits per heavy atom. The molecule has 1 aliphatic heterocycles. The van der Waals surface area contributed by atoms with Crippen LogP contribution in [0, 0.1) is 17.5 Å². The SMILES string of the molecule is Cn1cnc2c(c(-c3cc(C(N)=O)c(O)c(F)c3F)cn2CC(=O)Nc2cc(N3CCOCC3)ncc2F)c1=O. The molecule has 208 valence electrons. The Morgan fingerprint density at radius 3 is 2.55 bits per heavy atom. The number of benzene rings is 1. The van der Waals surface area contributed by atoms with Gasteiger partial charge in [-0.2, -0.15) is 4.39 Å². The lowest BCUT2D eigenvalue weighted by atomic mass is 10.0. The molecule has 5 rings (SSSR count). The van der Waals surface area contributed by atoms with Crippen molar-refractivity contribution in [3.05, 3.63) is 64.2 Å². The largest absolute Gasteiger partial charge is 0.504 e. The second kappa shape index (κ2) is 10.3. The van der Waals surface area contributed by atoms with E-state index in [-0.39, 0.29) is 22.3 Å². The molecule has 1 fully saturated rings. The maximum atomic E-state index is 15.0. The third kappa shape index (κ3) is 4.70. The minimum absolute atomic E-state index is 0.0639. The van der Waals surface area contributed by atoms with Gasteiger partial charge in [-0.25, -0.2) is 18.7 Å². The van der Waals surface area contributed by atoms with Gasteiger partial charge < -0.3 is 34.9 Å². The van der Waals surface area contributed by atoms with Gasteiger partial charge in [0, 0.05) is 43.5 Å². The van der Waals surface area contributed by atoms with Crippen molar-refractivity contribution in [3.63, 3.8) is 0 Å². The number of aryl methyl sites for hydroxylation is 1. The van der Waals surface area contributed by atoms with Crippen molar-refractivity contribution in [2.75, 3.05) is 36.5 Å². The van der Waals surface area contributed by atoms with Crippen LogP contribution in [-0.4, -0.2) is 62.3 Å². The summed E-state index contributed by atoms with van der Waals surface area (Å²) in [6.45, 7) is 1.52. The van der Waals surface area contributed by atoms with Crippen molar-refractivity contribution in [1.29, 1.82) is 0 Å². The molecule has 0 unspecified atom stereocenters. The molecule has 4 heterocycles. The number of amides is 2. The molecular weight excluding hydrogens is 535 g/mol. The lowest BCUT2D eigenvalue weighted by Crippen LogP contribution is -2.36. The van der Waals surface area contributed by atoms with Crippen molar-refractivity contribution in [1.82, 2.24) is 19.1 Å². The molecule has 1 saturated heterocycles. The predicted octanol–water partition coefficient (Wildman–Crippen LogP) is 1.49. The minimum atomic E-state index is -1.74. The van der Waals surface area contributed by atoms with Gasteiger partial charge in [-0.3, -0.25) is 14.4 Å². The van der Waals surface area contributed by atoms with Crippen LogP contribution in [-0.2, 0) is 23.1 Å². The number of nitrogens with one attached hydrogen (secondary N) is 1. The molecule has 0 atom stereocenters. The van der Waals surface area contributed by atoms with E-state index in [4.69, 9.17) is 10.5 Å². The third-order valence-electron chi connectivity index (χ3n) is 6.44. The second-order valence-electron chi connectivity index (χ2n) is 9.01. The number of anilines is 2. The number of aromatic hydroxyl groups is 1. The highest BCUT2D eigenvalue weighted by Crippen LogP contribution is 2.35. The Hall–Kier alpha value is -4.92. The molecule has 0 bridgehead atoms. The van der Waals surface area contributed by atoms with Gasteiger partial charge in [0.1, 0.15) is 18.0 Å². The molecule has 40 heavy (non-hydrogen) atoms. The van der Waals surface area contributed by atoms with Crippen LogP contribution < -0.4 is 21.5 Å². The second-order valence-corrected chi connectivity index (χ2v) is 9.01. The number of rotatable bonds is 6. The Kier molecular flexibility index (Phi) is 6.89. The number of pyridine rings is 1. The van der Waals surface area contributed by atoms with Crippen LogP contribution in [0.15, 0.2) is 35.6 Å². The molecule has 12 nitrogen and oxygen atoms in total. The molecular formula is C25H22F3N7O5. The number of morpholine rings is 1. The van der Waals surface area contributed by atoms with Gasteiger partial charge in [-0.1, -0.05) is 0 Å². The van der Waals surface area contributed by atoms with Gasteiger partial charge >= 0.3 is 0 Å². The number of primary amides is 1. The number of halogens is 3. The number of nitrogens with two attached hydrogens (primary N) is 1. The van der Waals surface area contributed by atoms with Gasteiger partial charge in [-0.15, -0.1) is 0 Å². The number of carbonyl (C=O) groups excluding carboxylic acids is 2. The quantitative estimate of drug-likeness (QED) is 0.322. The highest BCUT2D eigenvalue weighted by molar-refractivity contribution is 6.00. The highest BCUT2D eigenvalue weighted by Gasteiger charge is 2.26. The smallest absolute Gasteiger partial charge is 0.263 e. The first-order chi connectivity index (χ1) is 19.1. The van der Waals surface area contributed by atoms with Crippen LogP contribution in [0.3, 0.4) is 0 Å². The summed E-state index contributed by atoms with van der Waals surface area (Å²) in [5, 5.41) is 12.1. The Balaban J connectivity index is 1.54. The molecule has 3 aromatic heterocycles. The van der Waals surface area contributed by atoms with Crippen LogP contribution >= 0.6 is 0 Å². The topological polar surface area (TPSA) is 158 Å². The summed E-state index contributed by atoms with van der Waals surface area (Å²) in [4.78, 5) is 47.8. The molecule has 1 aromatic carbocycles. The first kappa shape index (κ1) is 26.7. The molecule has 0 saturated carbocycles. The number of carbonyl (C=O) groups is 2. The number of ether oxygens (including phenoxy) is 1. The fraction of sp³-hybridized carbons (Fsp3) is 0.240. The van der Waals surface area contributed by atoms with Gasteiger partial charge in [-0.05, 0) is 6.07 Å². The lowest BCUT2D eigenvalue weighted by molar-refractivity contribution is -0.116. The summed E-state index contributed by atoms with van der Waals surface area (Å²) in [6.07, 6.45) is 3.32. The molecule has 0 aliphatic carbocycles. The van der Waals surface area contributed by atoms with Crippen molar-refractivity contribution in [2.45, 2.75) is 6.54 Å². The van der Waals surface area contributed by atoms with Crippen molar-refractivity contribution >= 4 is 34.4 Å². The summed E-state index contributed by atoms with van der Waals surface area (Å²) >= 11 is 0. The average Bonchev–Trinajstić information content (AvgIpc) is 3.29. The van der Waals surface area contributed by atoms with E-state index in [0.717, 1.165) is 16.8 Å². The van der Waals surface area contributed by atoms with E-state index in [2.05, 4.69) is 15.3 Å². The first-order valence-electron chi connectivity index (χ1n) is 11.9. The minimum Gasteiger partial charge on any atom is -0.504 e. The summed E-state index contributed by atoms with van der Waals surface area (Å²) in [7, 11) is 1.38. The maximum Gasteiger partial charge on any atom is 0.263 e. The Bertz CT molecular complexity index is 1730. The number of aromatic nitrogens is 4. The fourth-order valence-corrected chi connectivity index (χ4v) is 4.42. The summed E-state index contributed by atoms with van der Waals surface area (Å²) in [6, 6.07) is 2.19. The van der Waals surface area contributed by atoms with E-state index in [1.54, 1.807) is 0 Å². The molecule has 0 spiro atoms. The van der Waals surface area contributed by atoms with E-state index in [0.29, 0.717) is 32.1 Å². The normalized spacial score (nSPS) is 13.6. The number of hydrogen-bond donors (Lipinski definition) is 3. The van der Waals surface area contributed by atoms with E-state index in [1.807, 2.05) is 4.90 Å². The van der Waals surface area contributed by atoms with E-state index in [9.17, 15) is 32.7 Å². The Morgan fingerprint density at radius 2 is 1.85 bits per heavy atom. The maximum absolute atomic E-state index is 15.0. The van der Waals surface area contributed by atoms with Gasteiger partial charge in [0.25, 0.3) is 11.5 Å². The number of fused-ring (bicyclic) bond motifs is 1. The predicted molar refractivity (Wildman–Crippen MR) is 136 cm³/mol. The summed E-state index contributed by atoms with van der Waals surface area (Å²) in [5.41, 5.74) is 2.85. The number of hydrogen-bond acceptors (Lipinski definition) is 8. The number of nitrogens with zero attached hydrogens (tertiary/aromatic N) is 5. The zero-order valence-electron chi connectivity index (χ0n) is 20.9. The summed E-state index contributed by atoms with van der Waals surface area (Å²) in [5.74, 6) is -6.87. The van der Waals surface area contributed by atoms with Crippen molar-refractivity contribution in [3.8, 4) is 16.9 Å². The van der Waals surface area contributed by atoms with Gasteiger partial charge in [0.15, 0.2) is 17.4 Å². The summed E-state index contributed by atoms with van der Waals surface area (Å²) < 4.78 is 51.6. The van der Waals surface area contributed by atoms with Gasteiger partial charge in [0.05, 0.1) is 42.4 Å². The van der Waals surface area contributed by atoms with E-state index >= 15 is 0 Å². The van der Waals surface area contributed by atoms with Crippen molar-refractivity contribution in [2.24, 2.45) is 12.8 Å². The van der Waals surface area contributed by atoms with Crippen LogP contribution in [0.2, 0.25) is 0 Å². The van der Waals surface area contributed by atoms with Gasteiger partial charge in [0.2, 0.25) is 11.7 Å². The molecule has 4 N–H and O–H groups in total. The standard InChI is InChI=1S/C25H22F3N7O5/c1-33-11-31-24-19(25(33)39)14(12-6-13(23(29)38)22(37)21(28)20(12)27)9-35(24)10-18(36)32-16-7-17(30-8-15(16)26)34-2-4-40-5-3-34/h6-9,11,37H,2-5,10H2,1H3,(H2,29,38)(H,30,32,36). The Labute approximate surface area is 223 Å². The molecule has 15 heteroatoms. The zero-order valence-corrected chi connectivity index (χ0v) is 20.9. The lowest BCUT2D eigenvalue weighted by Gasteiger charge is -2.28. The molecule has 4 aromatic rings. The van der Waals surface area contributed by atoms with E-state index in [1.165, 1.54) is 30.2 Å². The van der Waals surface area contributed by atoms with E-state index < -0.39 is 58.2 Å². The monoisotopic (exact) mass is 557 g/mol. The van der Waals surface area contributed by atoms with Crippen LogP contribution in [0.4, 0.5) is 24.7 Å². The highest BCUT2D eigenvalue weighted by atomic mass is 19.2. The molecule has 1 aliphatic rings. The average molecular weight is 557 g/mol. The van der Waals surface area contributed by atoms with Crippen LogP contribution in [0.25, 0.3) is 22.2 Å². The first-order valence-corrected chi connectivity index (χ1v) is 11.9. The zero-order chi connectivity index (χ0) is 28.7.